The Morgan fingerprint density at radius 1 is 1.09 bits per heavy atom. The molecule has 1 aliphatic rings. The van der Waals surface area contributed by atoms with E-state index in [1.807, 2.05) is 41.8 Å². The largest absolute Gasteiger partial charge is 0.337 e. The van der Waals surface area contributed by atoms with E-state index in [2.05, 4.69) is 0 Å². The molecule has 1 amide bonds. The summed E-state index contributed by atoms with van der Waals surface area (Å²) in [6.07, 6.45) is 0.448. The molecule has 2 aromatic rings. The normalized spacial score (nSPS) is 21.3. The summed E-state index contributed by atoms with van der Waals surface area (Å²) >= 11 is 1.39. The fourth-order valence-corrected chi connectivity index (χ4v) is 5.23. The van der Waals surface area contributed by atoms with Gasteiger partial charge in [0.1, 0.15) is 0 Å². The van der Waals surface area contributed by atoms with E-state index < -0.39 is 15.1 Å². The van der Waals surface area contributed by atoms with Crippen LogP contribution in [-0.2, 0) is 9.84 Å². The minimum absolute atomic E-state index is 0.0175. The van der Waals surface area contributed by atoms with Crippen LogP contribution < -0.4 is 0 Å². The zero-order valence-electron chi connectivity index (χ0n) is 12.0. The van der Waals surface area contributed by atoms with E-state index in [4.69, 9.17) is 0 Å². The summed E-state index contributed by atoms with van der Waals surface area (Å²) < 4.78 is 25.0. The number of nitrogens with zero attached hydrogens (tertiary/aromatic N) is 1. The van der Waals surface area contributed by atoms with E-state index in [1.54, 1.807) is 11.0 Å². The fourth-order valence-electron chi connectivity index (χ4n) is 2.75. The molecule has 1 aliphatic heterocycles. The summed E-state index contributed by atoms with van der Waals surface area (Å²) in [5, 5.41) is 1.34. The van der Waals surface area contributed by atoms with Crippen LogP contribution in [0.2, 0.25) is 0 Å². The number of hydrogen-bond acceptors (Lipinski definition) is 4. The Morgan fingerprint density at radius 2 is 1.86 bits per heavy atom. The first kappa shape index (κ1) is 15.2. The van der Waals surface area contributed by atoms with E-state index in [-0.39, 0.29) is 18.2 Å². The third-order valence-corrected chi connectivity index (χ3v) is 6.92. The lowest BCUT2D eigenvalue weighted by Crippen LogP contribution is -2.33. The molecular formula is C16H17NO3S2. The highest BCUT2D eigenvalue weighted by atomic mass is 32.2. The molecule has 1 aromatic carbocycles. The van der Waals surface area contributed by atoms with Crippen molar-refractivity contribution < 1.29 is 13.2 Å². The first-order valence-corrected chi connectivity index (χ1v) is 9.77. The molecule has 1 fully saturated rings. The maximum Gasteiger partial charge on any atom is 0.263 e. The fraction of sp³-hybridized carbons (Fsp3) is 0.312. The van der Waals surface area contributed by atoms with Crippen molar-refractivity contribution in [1.29, 1.82) is 0 Å². The molecule has 1 saturated heterocycles. The van der Waals surface area contributed by atoms with Crippen LogP contribution in [0.1, 0.15) is 26.9 Å². The molecule has 0 bridgehead atoms. The summed E-state index contributed by atoms with van der Waals surface area (Å²) in [7, 11) is -3.24. The van der Waals surface area contributed by atoms with Gasteiger partial charge < -0.3 is 4.90 Å². The van der Waals surface area contributed by atoms with E-state index in [0.717, 1.165) is 5.56 Å². The number of carbonyl (C=O) groups is 1. The van der Waals surface area contributed by atoms with Crippen molar-refractivity contribution in [3.63, 3.8) is 0 Å². The van der Waals surface area contributed by atoms with Gasteiger partial charge in [-0.1, -0.05) is 36.4 Å². The lowest BCUT2D eigenvalue weighted by Gasteiger charge is -2.19. The number of benzene rings is 1. The summed E-state index contributed by atoms with van der Waals surface area (Å²) in [6, 6.07) is 12.9. The van der Waals surface area contributed by atoms with Crippen LogP contribution in [0.3, 0.4) is 0 Å². The van der Waals surface area contributed by atoms with Crippen molar-refractivity contribution in [2.45, 2.75) is 11.7 Å². The van der Waals surface area contributed by atoms with Gasteiger partial charge in [-0.15, -0.1) is 11.3 Å². The average molecular weight is 335 g/mol. The average Bonchev–Trinajstić information content (AvgIpc) is 3.00. The molecule has 1 unspecified atom stereocenters. The smallest absolute Gasteiger partial charge is 0.263 e. The third-order valence-electron chi connectivity index (χ3n) is 3.93. The van der Waals surface area contributed by atoms with E-state index in [1.165, 1.54) is 11.3 Å². The van der Waals surface area contributed by atoms with Gasteiger partial charge in [0, 0.05) is 13.1 Å². The minimum Gasteiger partial charge on any atom is -0.337 e. The highest BCUT2D eigenvalue weighted by Gasteiger charge is 2.32. The Morgan fingerprint density at radius 3 is 2.55 bits per heavy atom. The molecule has 0 spiro atoms. The second-order valence-electron chi connectivity index (χ2n) is 5.32. The summed E-state index contributed by atoms with van der Waals surface area (Å²) in [6.45, 7) is 0.734. The van der Waals surface area contributed by atoms with Crippen molar-refractivity contribution >= 4 is 27.1 Å². The number of amides is 1. The molecule has 0 radical (unpaired) electrons. The first-order chi connectivity index (χ1) is 10.6. The molecule has 4 nitrogen and oxygen atoms in total. The van der Waals surface area contributed by atoms with E-state index >= 15 is 0 Å². The Labute approximate surface area is 134 Å². The van der Waals surface area contributed by atoms with Crippen LogP contribution in [0.5, 0.6) is 0 Å². The maximum absolute atomic E-state index is 12.5. The van der Waals surface area contributed by atoms with Crippen LogP contribution in [0.15, 0.2) is 47.8 Å². The molecule has 0 N–H and O–H groups in total. The zero-order valence-corrected chi connectivity index (χ0v) is 13.6. The third kappa shape index (κ3) is 3.08. The number of sulfone groups is 1. The van der Waals surface area contributed by atoms with Gasteiger partial charge in [0.25, 0.3) is 5.91 Å². The van der Waals surface area contributed by atoms with Gasteiger partial charge in [-0.25, -0.2) is 8.42 Å². The van der Waals surface area contributed by atoms with Crippen LogP contribution in [0.25, 0.3) is 0 Å². The molecular weight excluding hydrogens is 318 g/mol. The van der Waals surface area contributed by atoms with Crippen molar-refractivity contribution in [2.24, 2.45) is 0 Å². The number of hydrogen-bond donors (Lipinski definition) is 0. The predicted octanol–water partition coefficient (Wildman–Crippen LogP) is 2.75. The predicted molar refractivity (Wildman–Crippen MR) is 87.8 cm³/mol. The Hall–Kier alpha value is -1.66. The van der Waals surface area contributed by atoms with Crippen molar-refractivity contribution in [3.8, 4) is 0 Å². The molecule has 3 rings (SSSR count). The van der Waals surface area contributed by atoms with Gasteiger partial charge in [0.2, 0.25) is 0 Å². The number of carbonyl (C=O) groups excluding carboxylic acids is 1. The van der Waals surface area contributed by atoms with Crippen LogP contribution in [0, 0.1) is 0 Å². The van der Waals surface area contributed by atoms with Crippen molar-refractivity contribution in [2.75, 3.05) is 18.8 Å². The Balaban J connectivity index is 1.82. The van der Waals surface area contributed by atoms with Gasteiger partial charge in [-0.3, -0.25) is 4.79 Å². The lowest BCUT2D eigenvalue weighted by molar-refractivity contribution is 0.0771. The zero-order chi connectivity index (χ0) is 15.6. The SMILES string of the molecule is O=C(c1cccs1)N1CCC(c2ccccc2)S(=O)(=O)CC1. The van der Waals surface area contributed by atoms with Gasteiger partial charge in [-0.05, 0) is 23.4 Å². The minimum atomic E-state index is -3.24. The highest BCUT2D eigenvalue weighted by molar-refractivity contribution is 7.91. The van der Waals surface area contributed by atoms with Gasteiger partial charge >= 0.3 is 0 Å². The van der Waals surface area contributed by atoms with Crippen LogP contribution >= 0.6 is 11.3 Å². The topological polar surface area (TPSA) is 54.5 Å². The summed E-state index contributed by atoms with van der Waals surface area (Å²) in [5.41, 5.74) is 0.813. The Bertz CT molecular complexity index is 739. The summed E-state index contributed by atoms with van der Waals surface area (Å²) in [5.74, 6) is -0.0529. The lowest BCUT2D eigenvalue weighted by atomic mass is 10.1. The van der Waals surface area contributed by atoms with Gasteiger partial charge in [0.05, 0.1) is 15.9 Å². The standard InChI is InChI=1S/C16H17NO3S2/c18-16(14-7-4-11-21-14)17-9-8-15(22(19,20)12-10-17)13-5-2-1-3-6-13/h1-7,11,15H,8-10,12H2. The molecule has 0 aliphatic carbocycles. The first-order valence-electron chi connectivity index (χ1n) is 7.17. The number of thiophene rings is 1. The second kappa shape index (κ2) is 6.22. The van der Waals surface area contributed by atoms with Crippen LogP contribution in [-0.4, -0.2) is 38.1 Å². The van der Waals surface area contributed by atoms with Gasteiger partial charge in [-0.2, -0.15) is 0 Å². The molecule has 116 valence electrons. The van der Waals surface area contributed by atoms with E-state index in [0.29, 0.717) is 17.8 Å². The maximum atomic E-state index is 12.5. The molecule has 1 aromatic heterocycles. The number of rotatable bonds is 2. The second-order valence-corrected chi connectivity index (χ2v) is 8.58. The molecule has 1 atom stereocenters. The molecule has 22 heavy (non-hydrogen) atoms. The van der Waals surface area contributed by atoms with Gasteiger partial charge in [0.15, 0.2) is 9.84 Å². The van der Waals surface area contributed by atoms with Crippen LogP contribution in [0.4, 0.5) is 0 Å². The highest BCUT2D eigenvalue weighted by Crippen LogP contribution is 2.29. The quantitative estimate of drug-likeness (QED) is 0.848. The van der Waals surface area contributed by atoms with Crippen molar-refractivity contribution in [3.05, 3.63) is 58.3 Å². The monoisotopic (exact) mass is 335 g/mol. The molecule has 2 heterocycles. The van der Waals surface area contributed by atoms with Crippen molar-refractivity contribution in [1.82, 2.24) is 4.90 Å². The molecule has 0 saturated carbocycles. The van der Waals surface area contributed by atoms with E-state index in [9.17, 15) is 13.2 Å². The summed E-state index contributed by atoms with van der Waals surface area (Å²) in [4.78, 5) is 14.7. The molecule has 6 heteroatoms. The Kier molecular flexibility index (Phi) is 4.31.